The summed E-state index contributed by atoms with van der Waals surface area (Å²) in [5.74, 6) is -0.219. The second kappa shape index (κ2) is 6.97. The minimum Gasteiger partial charge on any atom is -0.376 e. The molecule has 1 atom stereocenters. The molecule has 2 heterocycles. The number of hydrogen-bond donors (Lipinski definition) is 3. The van der Waals surface area contributed by atoms with Crippen molar-refractivity contribution < 1.29 is 9.53 Å². The molecule has 0 unspecified atom stereocenters. The first-order valence-corrected chi connectivity index (χ1v) is 8.06. The zero-order valence-electron chi connectivity index (χ0n) is 13.0. The number of aromatic nitrogens is 1. The highest BCUT2D eigenvalue weighted by Gasteiger charge is 2.16. The van der Waals surface area contributed by atoms with Crippen LogP contribution in [0.15, 0.2) is 30.5 Å². The Bertz CT molecular complexity index is 722. The van der Waals surface area contributed by atoms with Crippen molar-refractivity contribution in [3.05, 3.63) is 36.0 Å². The molecule has 0 spiro atoms. The van der Waals surface area contributed by atoms with Gasteiger partial charge in [0.15, 0.2) is 5.11 Å². The Balaban J connectivity index is 1.55. The molecule has 1 aliphatic heterocycles. The Kier molecular flexibility index (Phi) is 4.78. The average molecular weight is 332 g/mol. The third-order valence-corrected chi connectivity index (χ3v) is 4.19. The highest BCUT2D eigenvalue weighted by atomic mass is 32.1. The fourth-order valence-electron chi connectivity index (χ4n) is 2.76. The van der Waals surface area contributed by atoms with Crippen molar-refractivity contribution in [2.45, 2.75) is 18.9 Å². The Morgan fingerprint density at radius 2 is 2.22 bits per heavy atom. The quantitative estimate of drug-likeness (QED) is 0.587. The van der Waals surface area contributed by atoms with Crippen molar-refractivity contribution in [1.82, 2.24) is 20.7 Å². The molecule has 7 heteroatoms. The molecule has 6 nitrogen and oxygen atoms in total. The number of nitrogens with zero attached hydrogens (tertiary/aromatic N) is 1. The molecule has 1 saturated heterocycles. The molecular weight excluding hydrogens is 312 g/mol. The van der Waals surface area contributed by atoms with Gasteiger partial charge in [0.25, 0.3) is 5.91 Å². The second-order valence-corrected chi connectivity index (χ2v) is 6.00. The number of carbonyl (C=O) groups excluding carboxylic acids is 1. The van der Waals surface area contributed by atoms with E-state index in [-0.39, 0.29) is 12.0 Å². The molecule has 1 fully saturated rings. The van der Waals surface area contributed by atoms with E-state index in [0.717, 1.165) is 30.4 Å². The number of benzene rings is 1. The Morgan fingerprint density at radius 3 is 3.00 bits per heavy atom. The maximum atomic E-state index is 12.3. The first-order chi connectivity index (χ1) is 11.1. The lowest BCUT2D eigenvalue weighted by Gasteiger charge is -2.14. The molecule has 0 saturated carbocycles. The van der Waals surface area contributed by atoms with Gasteiger partial charge in [-0.1, -0.05) is 18.2 Å². The summed E-state index contributed by atoms with van der Waals surface area (Å²) in [7, 11) is 1.92. The van der Waals surface area contributed by atoms with Gasteiger partial charge >= 0.3 is 0 Å². The van der Waals surface area contributed by atoms with Crippen LogP contribution in [0, 0.1) is 0 Å². The van der Waals surface area contributed by atoms with E-state index >= 15 is 0 Å². The summed E-state index contributed by atoms with van der Waals surface area (Å²) in [4.78, 5) is 12.3. The molecule has 0 bridgehead atoms. The van der Waals surface area contributed by atoms with Crippen LogP contribution in [-0.4, -0.2) is 34.8 Å². The highest BCUT2D eigenvalue weighted by molar-refractivity contribution is 7.80. The van der Waals surface area contributed by atoms with Crippen LogP contribution in [0.4, 0.5) is 0 Å². The molecular formula is C16H20N4O2S. The van der Waals surface area contributed by atoms with Crippen molar-refractivity contribution >= 4 is 34.1 Å². The molecule has 1 amide bonds. The lowest BCUT2D eigenvalue weighted by atomic mass is 10.2. The first kappa shape index (κ1) is 15.8. The first-order valence-electron chi connectivity index (χ1n) is 7.65. The Labute approximate surface area is 140 Å². The number of nitrogens with one attached hydrogen (secondary N) is 3. The van der Waals surface area contributed by atoms with Crippen LogP contribution in [-0.2, 0) is 11.8 Å². The van der Waals surface area contributed by atoms with E-state index in [1.807, 2.05) is 42.1 Å². The summed E-state index contributed by atoms with van der Waals surface area (Å²) in [6, 6.07) is 7.78. The lowest BCUT2D eigenvalue weighted by molar-refractivity contribution is 0.0944. The van der Waals surface area contributed by atoms with Crippen molar-refractivity contribution in [1.29, 1.82) is 0 Å². The third kappa shape index (κ3) is 3.62. The normalized spacial score (nSPS) is 17.2. The number of carbonyl (C=O) groups is 1. The molecule has 0 radical (unpaired) electrons. The van der Waals surface area contributed by atoms with Gasteiger partial charge in [-0.05, 0) is 31.1 Å². The number of amides is 1. The van der Waals surface area contributed by atoms with Gasteiger partial charge in [0.1, 0.15) is 0 Å². The standard InChI is InChI=1S/C16H20N4O2S/c1-20-10-13(12-6-2-3-7-14(12)20)15(21)18-19-16(23)17-9-11-5-4-8-22-11/h2-3,6-7,10-11H,4-5,8-9H2,1H3,(H,18,21)(H2,17,19,23)/t11-/m0/s1. The van der Waals surface area contributed by atoms with Crippen LogP contribution in [0.1, 0.15) is 23.2 Å². The number of thiocarbonyl (C=S) groups is 1. The van der Waals surface area contributed by atoms with E-state index in [1.54, 1.807) is 0 Å². The minimum absolute atomic E-state index is 0.198. The Hall–Kier alpha value is -2.12. The zero-order valence-corrected chi connectivity index (χ0v) is 13.8. The van der Waals surface area contributed by atoms with E-state index in [9.17, 15) is 4.79 Å². The van der Waals surface area contributed by atoms with Gasteiger partial charge in [-0.15, -0.1) is 0 Å². The summed E-state index contributed by atoms with van der Waals surface area (Å²) in [6.07, 6.45) is 4.14. The number of ether oxygens (including phenoxy) is 1. The van der Waals surface area contributed by atoms with Crippen molar-refractivity contribution in [2.24, 2.45) is 7.05 Å². The van der Waals surface area contributed by atoms with Crippen LogP contribution in [0.3, 0.4) is 0 Å². The smallest absolute Gasteiger partial charge is 0.271 e. The summed E-state index contributed by atoms with van der Waals surface area (Å²) < 4.78 is 7.44. The van der Waals surface area contributed by atoms with E-state index in [2.05, 4.69) is 16.2 Å². The molecule has 0 aliphatic carbocycles. The van der Waals surface area contributed by atoms with Crippen LogP contribution >= 0.6 is 12.2 Å². The largest absolute Gasteiger partial charge is 0.376 e. The van der Waals surface area contributed by atoms with Crippen molar-refractivity contribution in [3.8, 4) is 0 Å². The average Bonchev–Trinajstić information content (AvgIpc) is 3.19. The van der Waals surface area contributed by atoms with E-state index in [0.29, 0.717) is 17.2 Å². The topological polar surface area (TPSA) is 67.3 Å². The molecule has 122 valence electrons. The van der Waals surface area contributed by atoms with Crippen LogP contribution in [0.25, 0.3) is 10.9 Å². The van der Waals surface area contributed by atoms with Gasteiger partial charge in [-0.25, -0.2) is 0 Å². The van der Waals surface area contributed by atoms with Gasteiger partial charge in [-0.3, -0.25) is 15.6 Å². The summed E-state index contributed by atoms with van der Waals surface area (Å²) in [5.41, 5.74) is 6.99. The number of para-hydroxylation sites is 1. The second-order valence-electron chi connectivity index (χ2n) is 5.60. The molecule has 3 rings (SSSR count). The van der Waals surface area contributed by atoms with Crippen LogP contribution < -0.4 is 16.2 Å². The fourth-order valence-corrected chi connectivity index (χ4v) is 2.89. The van der Waals surface area contributed by atoms with Gasteiger partial charge in [0.2, 0.25) is 0 Å². The molecule has 1 aromatic carbocycles. The van der Waals surface area contributed by atoms with Gasteiger partial charge in [0, 0.05) is 37.3 Å². The number of hydrazine groups is 1. The SMILES string of the molecule is Cn1cc(C(=O)NNC(=S)NC[C@@H]2CCCO2)c2ccccc21. The predicted molar refractivity (Wildman–Crippen MR) is 93.1 cm³/mol. The monoisotopic (exact) mass is 332 g/mol. The van der Waals surface area contributed by atoms with E-state index in [4.69, 9.17) is 17.0 Å². The van der Waals surface area contributed by atoms with Gasteiger partial charge in [-0.2, -0.15) is 0 Å². The maximum Gasteiger partial charge on any atom is 0.271 e. The van der Waals surface area contributed by atoms with Crippen LogP contribution in [0.2, 0.25) is 0 Å². The third-order valence-electron chi connectivity index (χ3n) is 3.95. The minimum atomic E-state index is -0.219. The Morgan fingerprint density at radius 1 is 1.39 bits per heavy atom. The van der Waals surface area contributed by atoms with Crippen molar-refractivity contribution in [2.75, 3.05) is 13.2 Å². The number of fused-ring (bicyclic) bond motifs is 1. The highest BCUT2D eigenvalue weighted by Crippen LogP contribution is 2.19. The molecule has 2 aromatic rings. The van der Waals surface area contributed by atoms with Gasteiger partial charge < -0.3 is 14.6 Å². The fraction of sp³-hybridized carbons (Fsp3) is 0.375. The van der Waals surface area contributed by atoms with E-state index < -0.39 is 0 Å². The molecule has 1 aliphatic rings. The summed E-state index contributed by atoms with van der Waals surface area (Å²) >= 11 is 5.16. The zero-order chi connectivity index (χ0) is 16.2. The maximum absolute atomic E-state index is 12.3. The number of aryl methyl sites for hydroxylation is 1. The molecule has 23 heavy (non-hydrogen) atoms. The molecule has 3 N–H and O–H groups in total. The van der Waals surface area contributed by atoms with Crippen LogP contribution in [0.5, 0.6) is 0 Å². The number of rotatable bonds is 3. The summed E-state index contributed by atoms with van der Waals surface area (Å²) in [5, 5.41) is 4.34. The van der Waals surface area contributed by atoms with Gasteiger partial charge in [0.05, 0.1) is 11.7 Å². The number of hydrogen-bond acceptors (Lipinski definition) is 3. The molecule has 1 aromatic heterocycles. The van der Waals surface area contributed by atoms with Crippen molar-refractivity contribution in [3.63, 3.8) is 0 Å². The predicted octanol–water partition coefficient (Wildman–Crippen LogP) is 1.47. The van der Waals surface area contributed by atoms with E-state index in [1.165, 1.54) is 0 Å². The lowest BCUT2D eigenvalue weighted by Crippen LogP contribution is -2.48. The summed E-state index contributed by atoms with van der Waals surface area (Å²) in [6.45, 7) is 1.46.